The van der Waals surface area contributed by atoms with E-state index in [0.29, 0.717) is 18.6 Å². The van der Waals surface area contributed by atoms with Crippen molar-refractivity contribution in [2.75, 3.05) is 13.7 Å². The molecule has 0 aromatic heterocycles. The molecule has 2 rings (SSSR count). The van der Waals surface area contributed by atoms with Crippen LogP contribution in [-0.2, 0) is 21.2 Å². The second-order valence-corrected chi connectivity index (χ2v) is 6.82. The lowest BCUT2D eigenvalue weighted by Crippen LogP contribution is -2.40. The molecule has 130 valence electrons. The molecule has 0 radical (unpaired) electrons. The first-order chi connectivity index (χ1) is 11.3. The average molecular weight is 359 g/mol. The summed E-state index contributed by atoms with van der Waals surface area (Å²) in [4.78, 5) is -0.949. The van der Waals surface area contributed by atoms with Crippen LogP contribution >= 0.6 is 0 Å². The summed E-state index contributed by atoms with van der Waals surface area (Å²) in [5.41, 5.74) is 0.841. The quantitative estimate of drug-likeness (QED) is 0.774. The number of ether oxygens (including phenoxy) is 1. The summed E-state index contributed by atoms with van der Waals surface area (Å²) in [7, 11) is -2.99. The number of hydrogen-bond acceptors (Lipinski definition) is 3. The molecule has 1 unspecified atom stereocenters. The third-order valence-electron chi connectivity index (χ3n) is 3.30. The van der Waals surface area contributed by atoms with Gasteiger partial charge in [0.05, 0.1) is 6.61 Å². The molecular formula is C16H16F3NO3S. The Labute approximate surface area is 138 Å². The molecule has 0 aliphatic carbocycles. The summed E-state index contributed by atoms with van der Waals surface area (Å²) in [5.74, 6) is -5.04. The summed E-state index contributed by atoms with van der Waals surface area (Å²) < 4.78 is 71.8. The highest BCUT2D eigenvalue weighted by molar-refractivity contribution is 7.89. The number of halogens is 3. The number of benzene rings is 2. The van der Waals surface area contributed by atoms with Crippen LogP contribution in [0.25, 0.3) is 0 Å². The van der Waals surface area contributed by atoms with Gasteiger partial charge in [0.2, 0.25) is 10.0 Å². The number of hydrogen-bond donors (Lipinski definition) is 1. The molecular weight excluding hydrogens is 343 g/mol. The summed E-state index contributed by atoms with van der Waals surface area (Å²) >= 11 is 0. The maximum absolute atomic E-state index is 13.8. The zero-order valence-electron chi connectivity index (χ0n) is 12.8. The summed E-state index contributed by atoms with van der Waals surface area (Å²) in [6, 6.07) is 9.55. The van der Waals surface area contributed by atoms with Gasteiger partial charge < -0.3 is 4.74 Å². The van der Waals surface area contributed by atoms with Crippen molar-refractivity contribution in [3.63, 3.8) is 0 Å². The zero-order chi connectivity index (χ0) is 17.7. The molecule has 1 N–H and O–H groups in total. The van der Waals surface area contributed by atoms with Crippen molar-refractivity contribution >= 4 is 10.0 Å². The van der Waals surface area contributed by atoms with E-state index in [9.17, 15) is 21.6 Å². The van der Waals surface area contributed by atoms with Gasteiger partial charge in [0, 0.05) is 13.2 Å². The molecule has 0 aliphatic heterocycles. The second kappa shape index (κ2) is 7.78. The third-order valence-corrected chi connectivity index (χ3v) is 4.84. The van der Waals surface area contributed by atoms with Crippen LogP contribution in [0.5, 0.6) is 0 Å². The third kappa shape index (κ3) is 4.34. The standard InChI is InChI=1S/C16H16F3NO3S/c1-23-10-12(9-11-5-3-2-4-6-11)20-24(21,22)14-8-7-13(17)15(18)16(14)19/h2-8,12,20H,9-10H2,1H3. The minimum absolute atomic E-state index is 0.0272. The molecule has 0 saturated carbocycles. The van der Waals surface area contributed by atoms with Crippen molar-refractivity contribution in [1.82, 2.24) is 4.72 Å². The van der Waals surface area contributed by atoms with E-state index in [2.05, 4.69) is 4.72 Å². The van der Waals surface area contributed by atoms with Gasteiger partial charge in [-0.2, -0.15) is 0 Å². The fourth-order valence-corrected chi connectivity index (χ4v) is 3.52. The Morgan fingerprint density at radius 2 is 1.71 bits per heavy atom. The lowest BCUT2D eigenvalue weighted by molar-refractivity contribution is 0.174. The van der Waals surface area contributed by atoms with Crippen molar-refractivity contribution < 1.29 is 26.3 Å². The van der Waals surface area contributed by atoms with E-state index in [1.165, 1.54) is 7.11 Å². The van der Waals surface area contributed by atoms with Gasteiger partial charge in [-0.25, -0.2) is 26.3 Å². The monoisotopic (exact) mass is 359 g/mol. The van der Waals surface area contributed by atoms with Gasteiger partial charge in [0.1, 0.15) is 4.90 Å². The Morgan fingerprint density at radius 3 is 2.33 bits per heavy atom. The maximum Gasteiger partial charge on any atom is 0.243 e. The van der Waals surface area contributed by atoms with E-state index in [4.69, 9.17) is 4.74 Å². The molecule has 0 saturated heterocycles. The fraction of sp³-hybridized carbons (Fsp3) is 0.250. The molecule has 0 heterocycles. The van der Waals surface area contributed by atoms with E-state index in [1.807, 2.05) is 6.07 Å². The highest BCUT2D eigenvalue weighted by atomic mass is 32.2. The van der Waals surface area contributed by atoms with Crippen LogP contribution in [0.15, 0.2) is 47.4 Å². The Morgan fingerprint density at radius 1 is 1.04 bits per heavy atom. The van der Waals surface area contributed by atoms with E-state index >= 15 is 0 Å². The van der Waals surface area contributed by atoms with Crippen molar-refractivity contribution in [3.05, 3.63) is 65.5 Å². The van der Waals surface area contributed by atoms with Crippen molar-refractivity contribution in [3.8, 4) is 0 Å². The molecule has 0 bridgehead atoms. The number of nitrogens with one attached hydrogen (secondary N) is 1. The topological polar surface area (TPSA) is 55.4 Å². The predicted molar refractivity (Wildman–Crippen MR) is 82.4 cm³/mol. The van der Waals surface area contributed by atoms with E-state index in [1.54, 1.807) is 24.3 Å². The first kappa shape index (κ1) is 18.4. The van der Waals surface area contributed by atoms with Crippen molar-refractivity contribution in [1.29, 1.82) is 0 Å². The molecule has 0 amide bonds. The van der Waals surface area contributed by atoms with E-state index in [0.717, 1.165) is 5.56 Å². The molecule has 1 atom stereocenters. The molecule has 0 fully saturated rings. The number of rotatable bonds is 7. The highest BCUT2D eigenvalue weighted by Gasteiger charge is 2.26. The maximum atomic E-state index is 13.8. The fourth-order valence-electron chi connectivity index (χ4n) is 2.23. The molecule has 8 heteroatoms. The van der Waals surface area contributed by atoms with Gasteiger partial charge in [-0.05, 0) is 24.1 Å². The molecule has 2 aromatic carbocycles. The minimum Gasteiger partial charge on any atom is -0.383 e. The normalized spacial score (nSPS) is 13.0. The van der Waals surface area contributed by atoms with Crippen LogP contribution in [0.1, 0.15) is 5.56 Å². The first-order valence-corrected chi connectivity index (χ1v) is 8.52. The average Bonchev–Trinajstić information content (AvgIpc) is 2.53. The van der Waals surface area contributed by atoms with E-state index in [-0.39, 0.29) is 6.61 Å². The summed E-state index contributed by atoms with van der Waals surface area (Å²) in [6.07, 6.45) is 0.291. The molecule has 4 nitrogen and oxygen atoms in total. The largest absolute Gasteiger partial charge is 0.383 e. The molecule has 0 spiro atoms. The lowest BCUT2D eigenvalue weighted by atomic mass is 10.1. The van der Waals surface area contributed by atoms with Gasteiger partial charge in [-0.15, -0.1) is 0 Å². The Balaban J connectivity index is 2.26. The van der Waals surface area contributed by atoms with Gasteiger partial charge in [-0.3, -0.25) is 0 Å². The van der Waals surface area contributed by atoms with Crippen LogP contribution in [-0.4, -0.2) is 28.2 Å². The smallest absolute Gasteiger partial charge is 0.243 e. The van der Waals surface area contributed by atoms with Crippen LogP contribution in [0.4, 0.5) is 13.2 Å². The second-order valence-electron chi connectivity index (χ2n) is 5.14. The van der Waals surface area contributed by atoms with Crippen LogP contribution in [0.2, 0.25) is 0 Å². The zero-order valence-corrected chi connectivity index (χ0v) is 13.6. The summed E-state index contributed by atoms with van der Waals surface area (Å²) in [5, 5.41) is 0. The van der Waals surface area contributed by atoms with Crippen LogP contribution in [0, 0.1) is 17.5 Å². The minimum atomic E-state index is -4.38. The molecule has 2 aromatic rings. The van der Waals surface area contributed by atoms with E-state index < -0.39 is 38.4 Å². The highest BCUT2D eigenvalue weighted by Crippen LogP contribution is 2.20. The first-order valence-electron chi connectivity index (χ1n) is 7.04. The lowest BCUT2D eigenvalue weighted by Gasteiger charge is -2.18. The van der Waals surface area contributed by atoms with Gasteiger partial charge in [0.25, 0.3) is 0 Å². The van der Waals surface area contributed by atoms with Gasteiger partial charge in [-0.1, -0.05) is 30.3 Å². The predicted octanol–water partition coefficient (Wildman–Crippen LogP) is 2.64. The van der Waals surface area contributed by atoms with Crippen molar-refractivity contribution in [2.24, 2.45) is 0 Å². The van der Waals surface area contributed by atoms with Gasteiger partial charge in [0.15, 0.2) is 17.5 Å². The number of sulfonamides is 1. The SMILES string of the molecule is COCC(Cc1ccccc1)NS(=O)(=O)c1ccc(F)c(F)c1F. The molecule has 24 heavy (non-hydrogen) atoms. The Kier molecular flexibility index (Phi) is 5.98. The van der Waals surface area contributed by atoms with Crippen LogP contribution in [0.3, 0.4) is 0 Å². The summed E-state index contributed by atoms with van der Waals surface area (Å²) in [6.45, 7) is 0.0272. The number of methoxy groups -OCH3 is 1. The Hall–Kier alpha value is -1.90. The van der Waals surface area contributed by atoms with Gasteiger partial charge >= 0.3 is 0 Å². The molecule has 0 aliphatic rings. The Bertz CT molecular complexity index is 798. The van der Waals surface area contributed by atoms with Crippen molar-refractivity contribution in [2.45, 2.75) is 17.4 Å². The van der Waals surface area contributed by atoms with Crippen LogP contribution < -0.4 is 4.72 Å².